The molecule has 184 valence electrons. The molecule has 3 aromatic carbocycles. The van der Waals surface area contributed by atoms with Crippen LogP contribution in [0.3, 0.4) is 0 Å². The number of nitrogens with one attached hydrogen (secondary N) is 2. The molecule has 0 saturated heterocycles. The van der Waals surface area contributed by atoms with E-state index in [9.17, 15) is 18.0 Å². The van der Waals surface area contributed by atoms with Crippen LogP contribution in [0, 0.1) is 13.8 Å². The number of carbonyl (C=O) groups is 2. The van der Waals surface area contributed by atoms with E-state index in [1.54, 1.807) is 54.6 Å². The highest BCUT2D eigenvalue weighted by Crippen LogP contribution is 2.26. The molecule has 0 heterocycles. The van der Waals surface area contributed by atoms with E-state index in [-0.39, 0.29) is 10.8 Å². The minimum Gasteiger partial charge on any atom is -0.347 e. The van der Waals surface area contributed by atoms with E-state index in [2.05, 4.69) is 10.6 Å². The number of carbonyl (C=O) groups excluding carboxylic acids is 2. The molecular weight excluding hydrogens is 462 g/mol. The number of sulfonamides is 1. The van der Waals surface area contributed by atoms with Crippen molar-refractivity contribution in [3.63, 3.8) is 0 Å². The second kappa shape index (κ2) is 10.3. The van der Waals surface area contributed by atoms with E-state index in [0.29, 0.717) is 16.9 Å². The Morgan fingerprint density at radius 2 is 1.43 bits per heavy atom. The summed E-state index contributed by atoms with van der Waals surface area (Å²) in [6, 6.07) is 20.0. The van der Waals surface area contributed by atoms with Gasteiger partial charge >= 0.3 is 0 Å². The van der Waals surface area contributed by atoms with Crippen LogP contribution >= 0.6 is 0 Å². The Morgan fingerprint density at radius 1 is 0.857 bits per heavy atom. The molecule has 0 unspecified atom stereocenters. The Hall–Kier alpha value is -3.65. The van der Waals surface area contributed by atoms with Crippen molar-refractivity contribution in [1.82, 2.24) is 5.32 Å². The summed E-state index contributed by atoms with van der Waals surface area (Å²) >= 11 is 0. The van der Waals surface area contributed by atoms with Crippen LogP contribution in [0.15, 0.2) is 77.7 Å². The summed E-state index contributed by atoms with van der Waals surface area (Å²) in [4.78, 5) is 26.0. The third-order valence-electron chi connectivity index (χ3n) is 5.05. The van der Waals surface area contributed by atoms with Gasteiger partial charge in [0.05, 0.1) is 21.8 Å². The molecule has 0 bridgehead atoms. The molecule has 0 fully saturated rings. The smallest absolute Gasteiger partial charge is 0.264 e. The lowest BCUT2D eigenvalue weighted by Gasteiger charge is -2.25. The fourth-order valence-corrected chi connectivity index (χ4v) is 5.07. The maximum absolute atomic E-state index is 13.6. The molecule has 0 saturated carbocycles. The molecule has 8 heteroatoms. The van der Waals surface area contributed by atoms with Gasteiger partial charge in [-0.2, -0.15) is 0 Å². The number of rotatable bonds is 7. The number of benzene rings is 3. The Bertz CT molecular complexity index is 1310. The molecule has 0 aliphatic heterocycles. The highest BCUT2D eigenvalue weighted by atomic mass is 32.2. The van der Waals surface area contributed by atoms with Gasteiger partial charge in [0.25, 0.3) is 15.9 Å². The zero-order valence-corrected chi connectivity index (χ0v) is 21.4. The van der Waals surface area contributed by atoms with Gasteiger partial charge in [0.15, 0.2) is 0 Å². The first-order chi connectivity index (χ1) is 16.4. The monoisotopic (exact) mass is 493 g/mol. The molecule has 0 aromatic heterocycles. The standard InChI is InChI=1S/C27H31N3O4S/c1-19-15-20(2)17-21(16-19)30(35(33,34)22-11-7-6-8-12-22)18-25(31)28-24-14-10-9-13-23(24)26(32)29-27(3,4)5/h6-17H,18H2,1-5H3,(H,28,31)(H,29,32). The van der Waals surface area contributed by atoms with Gasteiger partial charge in [0, 0.05) is 5.54 Å². The van der Waals surface area contributed by atoms with Crippen molar-refractivity contribution in [3.05, 3.63) is 89.5 Å². The van der Waals surface area contributed by atoms with Gasteiger partial charge in [-0.05, 0) is 82.1 Å². The maximum atomic E-state index is 13.6. The van der Waals surface area contributed by atoms with E-state index in [1.807, 2.05) is 40.7 Å². The normalized spacial score (nSPS) is 11.6. The van der Waals surface area contributed by atoms with Crippen molar-refractivity contribution < 1.29 is 18.0 Å². The van der Waals surface area contributed by atoms with Crippen LogP contribution in [0.4, 0.5) is 11.4 Å². The Balaban J connectivity index is 1.95. The molecule has 0 spiro atoms. The number of hydrogen-bond donors (Lipinski definition) is 2. The van der Waals surface area contributed by atoms with Crippen LogP contribution in [0.1, 0.15) is 42.3 Å². The third-order valence-corrected chi connectivity index (χ3v) is 6.84. The van der Waals surface area contributed by atoms with E-state index in [0.717, 1.165) is 15.4 Å². The predicted octanol–water partition coefficient (Wildman–Crippen LogP) is 4.67. The minimum absolute atomic E-state index is 0.0805. The quantitative estimate of drug-likeness (QED) is 0.500. The van der Waals surface area contributed by atoms with Crippen molar-refractivity contribution in [1.29, 1.82) is 0 Å². The molecule has 35 heavy (non-hydrogen) atoms. The SMILES string of the molecule is Cc1cc(C)cc(N(CC(=O)Nc2ccccc2C(=O)NC(C)(C)C)S(=O)(=O)c2ccccc2)c1. The topological polar surface area (TPSA) is 95.6 Å². The maximum Gasteiger partial charge on any atom is 0.264 e. The third kappa shape index (κ3) is 6.70. The summed E-state index contributed by atoms with van der Waals surface area (Å²) in [5, 5.41) is 5.60. The summed E-state index contributed by atoms with van der Waals surface area (Å²) in [6.45, 7) is 8.87. The molecule has 0 radical (unpaired) electrons. The van der Waals surface area contributed by atoms with E-state index >= 15 is 0 Å². The fourth-order valence-electron chi connectivity index (χ4n) is 3.65. The van der Waals surface area contributed by atoms with Gasteiger partial charge in [0.2, 0.25) is 5.91 Å². The van der Waals surface area contributed by atoms with Gasteiger partial charge in [-0.15, -0.1) is 0 Å². The van der Waals surface area contributed by atoms with Crippen LogP contribution in [-0.2, 0) is 14.8 Å². The molecule has 0 aliphatic carbocycles. The molecule has 2 N–H and O–H groups in total. The van der Waals surface area contributed by atoms with Gasteiger partial charge in [-0.3, -0.25) is 13.9 Å². The molecule has 3 aromatic rings. The second-order valence-electron chi connectivity index (χ2n) is 9.47. The Morgan fingerprint density at radius 3 is 2.03 bits per heavy atom. The largest absolute Gasteiger partial charge is 0.347 e. The second-order valence-corrected chi connectivity index (χ2v) is 11.3. The van der Waals surface area contributed by atoms with Gasteiger partial charge in [-0.1, -0.05) is 36.4 Å². The van der Waals surface area contributed by atoms with Crippen molar-refractivity contribution in [2.45, 2.75) is 45.1 Å². The number of nitrogens with zero attached hydrogens (tertiary/aromatic N) is 1. The molecule has 2 amide bonds. The molecular formula is C27H31N3O4S. The lowest BCUT2D eigenvalue weighted by Crippen LogP contribution is -2.41. The number of para-hydroxylation sites is 1. The Labute approximate surface area is 207 Å². The first kappa shape index (κ1) is 26.0. The summed E-state index contributed by atoms with van der Waals surface area (Å²) in [6.07, 6.45) is 0. The van der Waals surface area contributed by atoms with Crippen LogP contribution in [-0.4, -0.2) is 32.3 Å². The first-order valence-corrected chi connectivity index (χ1v) is 12.7. The highest BCUT2D eigenvalue weighted by molar-refractivity contribution is 7.92. The highest BCUT2D eigenvalue weighted by Gasteiger charge is 2.28. The number of hydrogen-bond acceptors (Lipinski definition) is 4. The van der Waals surface area contributed by atoms with E-state index in [1.165, 1.54) is 12.1 Å². The number of amides is 2. The Kier molecular flexibility index (Phi) is 7.65. The van der Waals surface area contributed by atoms with E-state index < -0.39 is 28.0 Å². The van der Waals surface area contributed by atoms with Gasteiger partial charge < -0.3 is 10.6 Å². The molecule has 3 rings (SSSR count). The van der Waals surface area contributed by atoms with Gasteiger partial charge in [0.1, 0.15) is 6.54 Å². The average molecular weight is 494 g/mol. The van der Waals surface area contributed by atoms with Crippen LogP contribution in [0.2, 0.25) is 0 Å². The summed E-state index contributed by atoms with van der Waals surface area (Å²) in [5.41, 5.74) is 2.27. The van der Waals surface area contributed by atoms with Crippen molar-refractivity contribution >= 4 is 33.2 Å². The molecule has 0 atom stereocenters. The summed E-state index contributed by atoms with van der Waals surface area (Å²) in [7, 11) is -4.03. The molecule has 0 aliphatic rings. The van der Waals surface area contributed by atoms with Crippen molar-refractivity contribution in [2.24, 2.45) is 0 Å². The minimum atomic E-state index is -4.03. The average Bonchev–Trinajstić information content (AvgIpc) is 2.76. The van der Waals surface area contributed by atoms with Crippen LogP contribution in [0.25, 0.3) is 0 Å². The zero-order valence-electron chi connectivity index (χ0n) is 20.6. The van der Waals surface area contributed by atoms with E-state index in [4.69, 9.17) is 0 Å². The summed E-state index contributed by atoms with van der Waals surface area (Å²) < 4.78 is 28.2. The molecule has 7 nitrogen and oxygen atoms in total. The predicted molar refractivity (Wildman–Crippen MR) is 139 cm³/mol. The summed E-state index contributed by atoms with van der Waals surface area (Å²) in [5.74, 6) is -0.906. The van der Waals surface area contributed by atoms with Crippen LogP contribution < -0.4 is 14.9 Å². The van der Waals surface area contributed by atoms with Gasteiger partial charge in [-0.25, -0.2) is 8.42 Å². The number of anilines is 2. The zero-order chi connectivity index (χ0) is 25.8. The van der Waals surface area contributed by atoms with Crippen LogP contribution in [0.5, 0.6) is 0 Å². The lowest BCUT2D eigenvalue weighted by atomic mass is 10.1. The van der Waals surface area contributed by atoms with Crippen molar-refractivity contribution in [2.75, 3.05) is 16.2 Å². The number of aryl methyl sites for hydroxylation is 2. The fraction of sp³-hybridized carbons (Fsp3) is 0.259. The van der Waals surface area contributed by atoms with Crippen molar-refractivity contribution in [3.8, 4) is 0 Å². The lowest BCUT2D eigenvalue weighted by molar-refractivity contribution is -0.114. The first-order valence-electron chi connectivity index (χ1n) is 11.2.